The number of benzene rings is 2. The van der Waals surface area contributed by atoms with Crippen LogP contribution in [0.15, 0.2) is 91.3 Å². The molecule has 1 atom stereocenters. The molecule has 1 unspecified atom stereocenters. The minimum absolute atomic E-state index is 0.157. The first-order valence-corrected chi connectivity index (χ1v) is 12.4. The molecular weight excluding hydrogens is 430 g/mol. The van der Waals surface area contributed by atoms with Gasteiger partial charge in [0, 0.05) is 34.2 Å². The molecule has 0 saturated heterocycles. The van der Waals surface area contributed by atoms with Crippen LogP contribution in [0.2, 0.25) is 0 Å². The highest BCUT2D eigenvalue weighted by Crippen LogP contribution is 2.41. The van der Waals surface area contributed by atoms with Crippen molar-refractivity contribution in [1.29, 1.82) is 0 Å². The quantitative estimate of drug-likeness (QED) is 0.324. The van der Waals surface area contributed by atoms with Crippen LogP contribution in [-0.4, -0.2) is 19.6 Å². The number of aromatic nitrogens is 4. The normalized spacial score (nSPS) is 18.8. The lowest BCUT2D eigenvalue weighted by molar-refractivity contribution is 0.253. The van der Waals surface area contributed by atoms with Gasteiger partial charge in [-0.05, 0) is 55.0 Å². The Kier molecular flexibility index (Phi) is 4.54. The molecule has 1 saturated carbocycles. The molecule has 7 rings (SSSR count). The fourth-order valence-corrected chi connectivity index (χ4v) is 5.57. The molecule has 3 aromatic heterocycles. The summed E-state index contributed by atoms with van der Waals surface area (Å²) in [6.07, 6.45) is 17.1. The van der Waals surface area contributed by atoms with E-state index in [0.717, 1.165) is 58.2 Å². The van der Waals surface area contributed by atoms with Gasteiger partial charge in [-0.3, -0.25) is 5.10 Å². The van der Waals surface area contributed by atoms with Gasteiger partial charge in [-0.25, -0.2) is 4.98 Å². The first kappa shape index (κ1) is 20.4. The van der Waals surface area contributed by atoms with Crippen molar-refractivity contribution in [2.45, 2.75) is 37.1 Å². The predicted molar refractivity (Wildman–Crippen MR) is 141 cm³/mol. The fourth-order valence-electron chi connectivity index (χ4n) is 5.57. The third-order valence-electron chi connectivity index (χ3n) is 7.75. The second-order valence-electron chi connectivity index (χ2n) is 9.88. The minimum atomic E-state index is -0.157. The number of nitrogens with zero attached hydrogens (tertiary/aromatic N) is 3. The SMILES string of the molecule is NC1(c2ccc(-c3nc4c(-c5ccc6cn[nH]c6c5)cccn4c3C3C=CC=CC3)cc2)CCC1. The zero-order valence-electron chi connectivity index (χ0n) is 19.5. The molecule has 3 N–H and O–H groups in total. The number of nitrogens with two attached hydrogens (primary N) is 1. The third kappa shape index (κ3) is 3.27. The second-order valence-corrected chi connectivity index (χ2v) is 9.88. The molecule has 2 aliphatic rings. The highest BCUT2D eigenvalue weighted by atomic mass is 15.1. The molecule has 0 bridgehead atoms. The highest BCUT2D eigenvalue weighted by Gasteiger charge is 2.34. The number of aromatic amines is 1. The van der Waals surface area contributed by atoms with Gasteiger partial charge in [0.2, 0.25) is 0 Å². The van der Waals surface area contributed by atoms with Crippen LogP contribution in [0.1, 0.15) is 42.9 Å². The molecule has 0 spiro atoms. The lowest BCUT2D eigenvalue weighted by Gasteiger charge is -2.38. The van der Waals surface area contributed by atoms with E-state index in [2.05, 4.69) is 99.7 Å². The maximum absolute atomic E-state index is 6.59. The molecular formula is C30H27N5. The maximum Gasteiger partial charge on any atom is 0.145 e. The first-order chi connectivity index (χ1) is 17.2. The Morgan fingerprint density at radius 2 is 1.86 bits per heavy atom. The summed E-state index contributed by atoms with van der Waals surface area (Å²) >= 11 is 0. The van der Waals surface area contributed by atoms with Crippen molar-refractivity contribution in [3.63, 3.8) is 0 Å². The van der Waals surface area contributed by atoms with Crippen LogP contribution >= 0.6 is 0 Å². The van der Waals surface area contributed by atoms with Crippen LogP contribution in [0.25, 0.3) is 38.9 Å². The fraction of sp³-hybridized carbons (Fsp3) is 0.200. The molecule has 1 fully saturated rings. The summed E-state index contributed by atoms with van der Waals surface area (Å²) in [6.45, 7) is 0. The Hall–Kier alpha value is -3.96. The standard InChI is InChI=1S/C30H27N5/c31-30(15-5-16-30)24-13-11-20(12-14-24)27-28(21-6-2-1-3-7-21)35-17-4-8-25(29(35)33-27)22-9-10-23-19-32-34-26(23)18-22/h1-4,6,8-14,17-19,21H,5,7,15-16,31H2,(H,32,34). The number of nitrogens with one attached hydrogen (secondary N) is 1. The van der Waals surface area contributed by atoms with Gasteiger partial charge < -0.3 is 10.1 Å². The number of pyridine rings is 1. The number of rotatable bonds is 4. The molecule has 5 nitrogen and oxygen atoms in total. The average Bonchev–Trinajstić information content (AvgIpc) is 3.52. The van der Waals surface area contributed by atoms with Crippen LogP contribution < -0.4 is 5.73 Å². The van der Waals surface area contributed by atoms with Crippen LogP contribution in [0.5, 0.6) is 0 Å². The molecule has 3 heterocycles. The van der Waals surface area contributed by atoms with Crippen LogP contribution in [0.4, 0.5) is 0 Å². The Bertz CT molecular complexity index is 1610. The number of allylic oxidation sites excluding steroid dienone is 4. The maximum atomic E-state index is 6.59. The molecule has 35 heavy (non-hydrogen) atoms. The van der Waals surface area contributed by atoms with Crippen LogP contribution in [0, 0.1) is 0 Å². The van der Waals surface area contributed by atoms with E-state index in [-0.39, 0.29) is 11.5 Å². The number of imidazole rings is 1. The van der Waals surface area contributed by atoms with E-state index in [0.29, 0.717) is 0 Å². The summed E-state index contributed by atoms with van der Waals surface area (Å²) < 4.78 is 2.28. The van der Waals surface area contributed by atoms with Crippen molar-refractivity contribution < 1.29 is 0 Å². The van der Waals surface area contributed by atoms with E-state index in [1.165, 1.54) is 17.7 Å². The average molecular weight is 458 g/mol. The zero-order chi connectivity index (χ0) is 23.4. The molecule has 5 aromatic rings. The lowest BCUT2D eigenvalue weighted by atomic mass is 9.72. The summed E-state index contributed by atoms with van der Waals surface area (Å²) in [6, 6.07) is 19.5. The Balaban J connectivity index is 1.41. The van der Waals surface area contributed by atoms with E-state index in [1.807, 2.05) is 6.20 Å². The summed E-state index contributed by atoms with van der Waals surface area (Å²) in [4.78, 5) is 5.28. The van der Waals surface area contributed by atoms with Crippen molar-refractivity contribution in [2.75, 3.05) is 0 Å². The summed E-state index contributed by atoms with van der Waals surface area (Å²) in [5.74, 6) is 0.266. The van der Waals surface area contributed by atoms with Gasteiger partial charge in [-0.15, -0.1) is 0 Å². The second kappa shape index (κ2) is 7.79. The summed E-state index contributed by atoms with van der Waals surface area (Å²) in [7, 11) is 0. The smallest absolute Gasteiger partial charge is 0.145 e. The highest BCUT2D eigenvalue weighted by molar-refractivity contribution is 5.88. The van der Waals surface area contributed by atoms with Gasteiger partial charge in [0.25, 0.3) is 0 Å². The van der Waals surface area contributed by atoms with E-state index < -0.39 is 0 Å². The Morgan fingerprint density at radius 1 is 1.00 bits per heavy atom. The topological polar surface area (TPSA) is 72.0 Å². The largest absolute Gasteiger partial charge is 0.321 e. The molecule has 0 aliphatic heterocycles. The van der Waals surface area contributed by atoms with Gasteiger partial charge in [0.15, 0.2) is 0 Å². The molecule has 5 heteroatoms. The molecule has 0 amide bonds. The summed E-state index contributed by atoms with van der Waals surface area (Å²) in [5, 5.41) is 8.38. The van der Waals surface area contributed by atoms with Gasteiger partial charge >= 0.3 is 0 Å². The number of fused-ring (bicyclic) bond motifs is 2. The Labute approximate surface area is 204 Å². The number of hydrogen-bond donors (Lipinski definition) is 2. The van der Waals surface area contributed by atoms with E-state index in [4.69, 9.17) is 10.7 Å². The predicted octanol–water partition coefficient (Wildman–Crippen LogP) is 6.48. The molecule has 2 aliphatic carbocycles. The molecule has 2 aromatic carbocycles. The first-order valence-electron chi connectivity index (χ1n) is 12.4. The van der Waals surface area contributed by atoms with Gasteiger partial charge in [0.05, 0.1) is 23.1 Å². The van der Waals surface area contributed by atoms with Crippen molar-refractivity contribution in [2.24, 2.45) is 5.73 Å². The Morgan fingerprint density at radius 3 is 2.63 bits per heavy atom. The van der Waals surface area contributed by atoms with Gasteiger partial charge in [-0.2, -0.15) is 5.10 Å². The van der Waals surface area contributed by atoms with Crippen molar-refractivity contribution in [3.8, 4) is 22.4 Å². The number of hydrogen-bond acceptors (Lipinski definition) is 3. The van der Waals surface area contributed by atoms with Crippen molar-refractivity contribution >= 4 is 16.6 Å². The zero-order valence-corrected chi connectivity index (χ0v) is 19.5. The minimum Gasteiger partial charge on any atom is -0.321 e. The molecule has 0 radical (unpaired) electrons. The van der Waals surface area contributed by atoms with Gasteiger partial charge in [0.1, 0.15) is 5.65 Å². The van der Waals surface area contributed by atoms with Crippen LogP contribution in [-0.2, 0) is 5.54 Å². The van der Waals surface area contributed by atoms with Crippen LogP contribution in [0.3, 0.4) is 0 Å². The summed E-state index contributed by atoms with van der Waals surface area (Å²) in [5.41, 5.74) is 15.3. The van der Waals surface area contributed by atoms with E-state index in [9.17, 15) is 0 Å². The van der Waals surface area contributed by atoms with E-state index >= 15 is 0 Å². The van der Waals surface area contributed by atoms with Gasteiger partial charge in [-0.1, -0.05) is 60.7 Å². The van der Waals surface area contributed by atoms with Crippen molar-refractivity contribution in [3.05, 3.63) is 103 Å². The monoisotopic (exact) mass is 457 g/mol. The molecule has 172 valence electrons. The third-order valence-corrected chi connectivity index (χ3v) is 7.75. The number of H-pyrrole nitrogens is 1. The van der Waals surface area contributed by atoms with Crippen molar-refractivity contribution in [1.82, 2.24) is 19.6 Å². The van der Waals surface area contributed by atoms with E-state index in [1.54, 1.807) is 0 Å². The lowest BCUT2D eigenvalue weighted by Crippen LogP contribution is -2.43.